The average molecular weight is 246 g/mol. The molecule has 0 spiro atoms. The first-order chi connectivity index (χ1) is 7.75. The van der Waals surface area contributed by atoms with Gasteiger partial charge in [-0.25, -0.2) is 4.98 Å². The molecular weight excluding hydrogens is 236 g/mol. The van der Waals surface area contributed by atoms with Crippen molar-refractivity contribution in [2.75, 3.05) is 5.73 Å². The minimum absolute atomic E-state index is 0.858. The minimum Gasteiger partial charge on any atom is -0.390 e. The van der Waals surface area contributed by atoms with Gasteiger partial charge in [-0.15, -0.1) is 22.7 Å². The summed E-state index contributed by atoms with van der Waals surface area (Å²) in [5, 5.41) is 3.96. The first-order valence-corrected chi connectivity index (χ1v) is 6.65. The van der Waals surface area contributed by atoms with Crippen molar-refractivity contribution in [2.24, 2.45) is 0 Å². The van der Waals surface area contributed by atoms with Crippen molar-refractivity contribution < 1.29 is 0 Å². The third kappa shape index (κ3) is 1.42. The van der Waals surface area contributed by atoms with Gasteiger partial charge in [-0.3, -0.25) is 0 Å². The van der Waals surface area contributed by atoms with Gasteiger partial charge in [-0.05, 0) is 30.0 Å². The van der Waals surface area contributed by atoms with E-state index in [9.17, 15) is 0 Å². The molecule has 0 atom stereocenters. The van der Waals surface area contributed by atoms with Crippen molar-refractivity contribution in [3.8, 4) is 10.6 Å². The van der Waals surface area contributed by atoms with E-state index in [4.69, 9.17) is 5.73 Å². The summed E-state index contributed by atoms with van der Waals surface area (Å²) in [7, 11) is 0. The Morgan fingerprint density at radius 2 is 2.06 bits per heavy atom. The van der Waals surface area contributed by atoms with Crippen LogP contribution in [-0.4, -0.2) is 4.98 Å². The Morgan fingerprint density at radius 3 is 2.75 bits per heavy atom. The molecule has 0 amide bonds. The Bertz CT molecular complexity index is 599. The van der Waals surface area contributed by atoms with E-state index in [0.717, 1.165) is 21.1 Å². The average Bonchev–Trinajstić information content (AvgIpc) is 2.82. The molecule has 0 aliphatic heterocycles. The molecule has 0 bridgehead atoms. The first-order valence-electron chi connectivity index (χ1n) is 4.95. The molecule has 16 heavy (non-hydrogen) atoms. The first kappa shape index (κ1) is 9.81. The van der Waals surface area contributed by atoms with Crippen LogP contribution >= 0.6 is 22.7 Å². The molecule has 2 aromatic heterocycles. The van der Waals surface area contributed by atoms with Crippen LogP contribution < -0.4 is 5.73 Å². The van der Waals surface area contributed by atoms with Gasteiger partial charge in [0.15, 0.2) is 0 Å². The molecule has 2 nitrogen and oxygen atoms in total. The van der Waals surface area contributed by atoms with Crippen molar-refractivity contribution in [3.63, 3.8) is 0 Å². The molecule has 2 N–H and O–H groups in total. The van der Waals surface area contributed by atoms with Gasteiger partial charge in [0, 0.05) is 5.56 Å². The number of para-hydroxylation sites is 1. The predicted molar refractivity (Wildman–Crippen MR) is 72.1 cm³/mol. The Balaban J connectivity index is 2.27. The minimum atomic E-state index is 0.858. The summed E-state index contributed by atoms with van der Waals surface area (Å²) < 4.78 is 1.21. The van der Waals surface area contributed by atoms with Gasteiger partial charge in [0.05, 0.1) is 15.2 Å². The highest BCUT2D eigenvalue weighted by Crippen LogP contribution is 2.38. The number of hydrogen-bond donors (Lipinski definition) is 1. The van der Waals surface area contributed by atoms with Crippen LogP contribution in [0.25, 0.3) is 20.8 Å². The summed E-state index contributed by atoms with van der Waals surface area (Å²) >= 11 is 3.28. The number of nitrogens with zero attached hydrogens (tertiary/aromatic N) is 1. The number of aryl methyl sites for hydroxylation is 1. The van der Waals surface area contributed by atoms with Crippen molar-refractivity contribution >= 4 is 37.9 Å². The summed E-state index contributed by atoms with van der Waals surface area (Å²) in [6.07, 6.45) is 0. The molecule has 1 aromatic carbocycles. The summed E-state index contributed by atoms with van der Waals surface area (Å²) in [6, 6.07) is 8.17. The number of thiazole rings is 1. The number of rotatable bonds is 1. The third-order valence-corrected chi connectivity index (χ3v) is 4.49. The van der Waals surface area contributed by atoms with E-state index in [-0.39, 0.29) is 0 Å². The van der Waals surface area contributed by atoms with Gasteiger partial charge in [0.25, 0.3) is 0 Å². The van der Waals surface area contributed by atoms with Crippen molar-refractivity contribution in [2.45, 2.75) is 6.92 Å². The predicted octanol–water partition coefficient (Wildman–Crippen LogP) is 3.92. The second-order valence-electron chi connectivity index (χ2n) is 3.64. The fourth-order valence-electron chi connectivity index (χ4n) is 1.72. The summed E-state index contributed by atoms with van der Waals surface area (Å²) in [6.45, 7) is 2.08. The number of aromatic nitrogens is 1. The lowest BCUT2D eigenvalue weighted by Gasteiger charge is -1.95. The number of benzene rings is 1. The zero-order valence-corrected chi connectivity index (χ0v) is 10.4. The molecule has 0 aliphatic rings. The maximum absolute atomic E-state index is 5.98. The molecule has 0 radical (unpaired) electrons. The molecule has 3 aromatic rings. The van der Waals surface area contributed by atoms with Crippen LogP contribution in [0.2, 0.25) is 0 Å². The van der Waals surface area contributed by atoms with E-state index in [1.54, 1.807) is 22.7 Å². The van der Waals surface area contributed by atoms with Crippen LogP contribution in [0.15, 0.2) is 29.6 Å². The molecular formula is C12H10N2S2. The summed E-state index contributed by atoms with van der Waals surface area (Å²) in [4.78, 5) is 4.62. The van der Waals surface area contributed by atoms with E-state index in [0.29, 0.717) is 0 Å². The number of fused-ring (bicyclic) bond motifs is 1. The highest BCUT2D eigenvalue weighted by Gasteiger charge is 2.12. The van der Waals surface area contributed by atoms with Crippen molar-refractivity contribution in [3.05, 3.63) is 35.2 Å². The molecule has 80 valence electrons. The molecule has 0 aliphatic carbocycles. The molecule has 0 saturated carbocycles. The van der Waals surface area contributed by atoms with Gasteiger partial charge >= 0.3 is 0 Å². The van der Waals surface area contributed by atoms with Crippen LogP contribution in [0.5, 0.6) is 0 Å². The molecule has 3 rings (SSSR count). The van der Waals surface area contributed by atoms with Gasteiger partial charge in [-0.1, -0.05) is 12.1 Å². The van der Waals surface area contributed by atoms with Crippen LogP contribution in [0, 0.1) is 6.92 Å². The monoisotopic (exact) mass is 246 g/mol. The van der Waals surface area contributed by atoms with E-state index in [2.05, 4.69) is 23.4 Å². The lowest BCUT2D eigenvalue weighted by Crippen LogP contribution is -1.84. The third-order valence-electron chi connectivity index (χ3n) is 2.51. The number of hydrogen-bond acceptors (Lipinski definition) is 4. The molecule has 0 saturated heterocycles. The summed E-state index contributed by atoms with van der Waals surface area (Å²) in [5.74, 6) is 0. The Kier molecular flexibility index (Phi) is 2.19. The summed E-state index contributed by atoms with van der Waals surface area (Å²) in [5.41, 5.74) is 9.34. The SMILES string of the molecule is Cc1csc(N)c1-c1nc2ccccc2s1. The molecule has 0 fully saturated rings. The Morgan fingerprint density at radius 1 is 1.25 bits per heavy atom. The van der Waals surface area contributed by atoms with E-state index in [1.807, 2.05) is 18.2 Å². The number of nitrogens with two attached hydrogens (primary N) is 1. The maximum Gasteiger partial charge on any atom is 0.127 e. The van der Waals surface area contributed by atoms with Crippen LogP contribution in [0.4, 0.5) is 5.00 Å². The zero-order chi connectivity index (χ0) is 11.1. The number of thiophene rings is 1. The second kappa shape index (κ2) is 3.57. The van der Waals surface area contributed by atoms with Gasteiger partial charge in [0.2, 0.25) is 0 Å². The largest absolute Gasteiger partial charge is 0.390 e. The fraction of sp³-hybridized carbons (Fsp3) is 0.0833. The standard InChI is InChI=1S/C12H10N2S2/c1-7-6-15-11(13)10(7)12-14-8-4-2-3-5-9(8)16-12/h2-6H,13H2,1H3. The van der Waals surface area contributed by atoms with Crippen molar-refractivity contribution in [1.29, 1.82) is 0 Å². The van der Waals surface area contributed by atoms with E-state index in [1.165, 1.54) is 10.3 Å². The van der Waals surface area contributed by atoms with E-state index >= 15 is 0 Å². The Labute approximate surface area is 101 Å². The number of anilines is 1. The zero-order valence-electron chi connectivity index (χ0n) is 8.73. The second-order valence-corrected chi connectivity index (χ2v) is 5.59. The van der Waals surface area contributed by atoms with Crippen LogP contribution in [0.1, 0.15) is 5.56 Å². The highest BCUT2D eigenvalue weighted by atomic mass is 32.1. The topological polar surface area (TPSA) is 38.9 Å². The maximum atomic E-state index is 5.98. The highest BCUT2D eigenvalue weighted by molar-refractivity contribution is 7.22. The quantitative estimate of drug-likeness (QED) is 0.707. The smallest absolute Gasteiger partial charge is 0.127 e. The van der Waals surface area contributed by atoms with Crippen LogP contribution in [-0.2, 0) is 0 Å². The lowest BCUT2D eigenvalue weighted by molar-refractivity contribution is 1.45. The lowest BCUT2D eigenvalue weighted by atomic mass is 10.2. The Hall–Kier alpha value is -1.39. The molecule has 2 heterocycles. The van der Waals surface area contributed by atoms with Crippen molar-refractivity contribution in [1.82, 2.24) is 4.98 Å². The molecule has 0 unspecified atom stereocenters. The van der Waals surface area contributed by atoms with Crippen LogP contribution in [0.3, 0.4) is 0 Å². The van der Waals surface area contributed by atoms with Gasteiger partial charge in [-0.2, -0.15) is 0 Å². The molecule has 4 heteroatoms. The van der Waals surface area contributed by atoms with E-state index < -0.39 is 0 Å². The number of nitrogen functional groups attached to an aromatic ring is 1. The van der Waals surface area contributed by atoms with Gasteiger partial charge in [0.1, 0.15) is 5.01 Å². The van der Waals surface area contributed by atoms with Gasteiger partial charge < -0.3 is 5.73 Å². The normalized spacial score (nSPS) is 11.1. The fourth-order valence-corrected chi connectivity index (χ4v) is 3.67.